The molecule has 1 unspecified atom stereocenters. The Morgan fingerprint density at radius 3 is 1.55 bits per heavy atom. The van der Waals surface area contributed by atoms with Gasteiger partial charge in [0.1, 0.15) is 0 Å². The lowest BCUT2D eigenvalue weighted by atomic mass is 9.96. The van der Waals surface area contributed by atoms with Gasteiger partial charge in [-0.3, -0.25) is 4.79 Å². The molecule has 0 bridgehead atoms. The molecule has 0 spiro atoms. The van der Waals surface area contributed by atoms with Crippen molar-refractivity contribution >= 4 is 16.8 Å². The Kier molecular flexibility index (Phi) is 15.3. The highest BCUT2D eigenvalue weighted by molar-refractivity contribution is 6.63. The van der Waals surface area contributed by atoms with Crippen LogP contribution in [0.2, 0.25) is 0 Å². The molecule has 0 heterocycles. The van der Waals surface area contributed by atoms with E-state index in [4.69, 9.17) is 11.6 Å². The highest BCUT2D eigenvalue weighted by Gasteiger charge is 2.14. The Bertz CT molecular complexity index is 215. The zero-order valence-corrected chi connectivity index (χ0v) is 14.5. The number of hydrogen-bond donors (Lipinski definition) is 0. The predicted octanol–water partition coefficient (Wildman–Crippen LogP) is 6.87. The molecule has 1 nitrogen and oxygen atoms in total. The third-order valence-corrected chi connectivity index (χ3v) is 4.44. The first-order chi connectivity index (χ1) is 9.72. The first-order valence-corrected chi connectivity index (χ1v) is 9.29. The molecule has 0 aromatic carbocycles. The first kappa shape index (κ1) is 20.0. The fourth-order valence-electron chi connectivity index (χ4n) is 2.70. The van der Waals surface area contributed by atoms with Gasteiger partial charge >= 0.3 is 0 Å². The van der Waals surface area contributed by atoms with Crippen LogP contribution in [0.25, 0.3) is 0 Å². The van der Waals surface area contributed by atoms with Gasteiger partial charge in [0.25, 0.3) is 0 Å². The fraction of sp³-hybridized carbons (Fsp3) is 0.944. The maximum absolute atomic E-state index is 11.3. The van der Waals surface area contributed by atoms with Gasteiger partial charge in [-0.15, -0.1) is 0 Å². The summed E-state index contributed by atoms with van der Waals surface area (Å²) < 4.78 is 0. The smallest absolute Gasteiger partial charge is 0.224 e. The topological polar surface area (TPSA) is 17.1 Å². The molecule has 0 amide bonds. The largest absolute Gasteiger partial charge is 0.281 e. The van der Waals surface area contributed by atoms with E-state index in [1.54, 1.807) is 0 Å². The third-order valence-electron chi connectivity index (χ3n) is 4.13. The molecule has 2 heteroatoms. The van der Waals surface area contributed by atoms with Gasteiger partial charge in [-0.1, -0.05) is 90.9 Å². The zero-order valence-electron chi connectivity index (χ0n) is 13.8. The minimum Gasteiger partial charge on any atom is -0.281 e. The summed E-state index contributed by atoms with van der Waals surface area (Å²) in [4.78, 5) is 11.3. The number of carbonyl (C=O) groups is 1. The molecule has 120 valence electrons. The molecule has 0 saturated heterocycles. The SMILES string of the molecule is CCCCCCCCCCCCC(CCCC)C(=O)Cl. The summed E-state index contributed by atoms with van der Waals surface area (Å²) in [6.45, 7) is 4.43. The van der Waals surface area contributed by atoms with Gasteiger partial charge in [0.05, 0.1) is 0 Å². The Morgan fingerprint density at radius 1 is 0.700 bits per heavy atom. The van der Waals surface area contributed by atoms with Gasteiger partial charge in [0, 0.05) is 5.92 Å². The molecule has 1 atom stereocenters. The van der Waals surface area contributed by atoms with Crippen molar-refractivity contribution in [2.75, 3.05) is 0 Å². The number of halogens is 1. The van der Waals surface area contributed by atoms with Crippen LogP contribution >= 0.6 is 11.6 Å². The number of rotatable bonds is 15. The molecule has 0 radical (unpaired) electrons. The van der Waals surface area contributed by atoms with Crippen molar-refractivity contribution in [2.24, 2.45) is 5.92 Å². The van der Waals surface area contributed by atoms with Crippen LogP contribution in [0.4, 0.5) is 0 Å². The number of unbranched alkanes of at least 4 members (excludes halogenated alkanes) is 10. The average Bonchev–Trinajstić information content (AvgIpc) is 2.43. The monoisotopic (exact) mass is 302 g/mol. The summed E-state index contributed by atoms with van der Waals surface area (Å²) >= 11 is 5.66. The molecule has 0 aliphatic carbocycles. The van der Waals surface area contributed by atoms with Crippen molar-refractivity contribution in [3.8, 4) is 0 Å². The van der Waals surface area contributed by atoms with E-state index in [-0.39, 0.29) is 11.2 Å². The highest BCUT2D eigenvalue weighted by atomic mass is 35.5. The van der Waals surface area contributed by atoms with Crippen molar-refractivity contribution in [1.29, 1.82) is 0 Å². The van der Waals surface area contributed by atoms with Crippen molar-refractivity contribution < 1.29 is 4.79 Å². The highest BCUT2D eigenvalue weighted by Crippen LogP contribution is 2.20. The summed E-state index contributed by atoms with van der Waals surface area (Å²) in [6, 6.07) is 0. The molecule has 0 rings (SSSR count). The average molecular weight is 303 g/mol. The van der Waals surface area contributed by atoms with Crippen LogP contribution in [-0.2, 0) is 4.79 Å². The van der Waals surface area contributed by atoms with E-state index >= 15 is 0 Å². The lowest BCUT2D eigenvalue weighted by Crippen LogP contribution is -2.08. The lowest BCUT2D eigenvalue weighted by molar-refractivity contribution is -0.115. The van der Waals surface area contributed by atoms with Gasteiger partial charge in [0.15, 0.2) is 0 Å². The van der Waals surface area contributed by atoms with Gasteiger partial charge in [-0.05, 0) is 24.4 Å². The fourth-order valence-corrected chi connectivity index (χ4v) is 2.92. The maximum Gasteiger partial charge on any atom is 0.224 e. The third kappa shape index (κ3) is 13.0. The van der Waals surface area contributed by atoms with E-state index in [0.717, 1.165) is 25.7 Å². The predicted molar refractivity (Wildman–Crippen MR) is 90.3 cm³/mol. The van der Waals surface area contributed by atoms with Crippen LogP contribution in [0.5, 0.6) is 0 Å². The number of carbonyl (C=O) groups excluding carboxylic acids is 1. The van der Waals surface area contributed by atoms with Gasteiger partial charge < -0.3 is 0 Å². The Morgan fingerprint density at radius 2 is 1.10 bits per heavy atom. The van der Waals surface area contributed by atoms with Crippen LogP contribution in [0, 0.1) is 5.92 Å². The van der Waals surface area contributed by atoms with Crippen LogP contribution < -0.4 is 0 Å². The van der Waals surface area contributed by atoms with Crippen LogP contribution in [0.15, 0.2) is 0 Å². The Hall–Kier alpha value is -0.0400. The Labute approximate surface area is 131 Å². The van der Waals surface area contributed by atoms with E-state index in [1.807, 2.05) is 0 Å². The normalized spacial score (nSPS) is 12.6. The minimum atomic E-state index is -0.116. The molecular weight excluding hydrogens is 268 g/mol. The molecule has 0 N–H and O–H groups in total. The van der Waals surface area contributed by atoms with E-state index < -0.39 is 0 Å². The second kappa shape index (κ2) is 15.4. The van der Waals surface area contributed by atoms with Crippen molar-refractivity contribution in [3.63, 3.8) is 0 Å². The second-order valence-electron chi connectivity index (χ2n) is 6.11. The lowest BCUT2D eigenvalue weighted by Gasteiger charge is -2.11. The van der Waals surface area contributed by atoms with E-state index in [9.17, 15) is 4.79 Å². The van der Waals surface area contributed by atoms with Crippen molar-refractivity contribution in [2.45, 2.75) is 104 Å². The molecule has 0 aliphatic heterocycles. The molecule has 0 aliphatic rings. The summed E-state index contributed by atoms with van der Waals surface area (Å²) in [7, 11) is 0. The number of hydrogen-bond acceptors (Lipinski definition) is 1. The van der Waals surface area contributed by atoms with Crippen LogP contribution in [0.3, 0.4) is 0 Å². The maximum atomic E-state index is 11.3. The molecule has 0 fully saturated rings. The Balaban J connectivity index is 3.34. The molecule has 0 saturated carbocycles. The van der Waals surface area contributed by atoms with E-state index in [1.165, 1.54) is 64.2 Å². The summed E-state index contributed by atoms with van der Waals surface area (Å²) in [5, 5.41) is -0.116. The van der Waals surface area contributed by atoms with E-state index in [0.29, 0.717) is 0 Å². The summed E-state index contributed by atoms with van der Waals surface area (Å²) in [5.74, 6) is 0.116. The summed E-state index contributed by atoms with van der Waals surface area (Å²) in [6.07, 6.45) is 17.7. The van der Waals surface area contributed by atoms with Gasteiger partial charge in [0.2, 0.25) is 5.24 Å². The minimum absolute atomic E-state index is 0.116. The molecule has 0 aromatic heterocycles. The van der Waals surface area contributed by atoms with Crippen molar-refractivity contribution in [3.05, 3.63) is 0 Å². The van der Waals surface area contributed by atoms with E-state index in [2.05, 4.69) is 13.8 Å². The van der Waals surface area contributed by atoms with Crippen LogP contribution in [-0.4, -0.2) is 5.24 Å². The zero-order chi connectivity index (χ0) is 15.1. The standard InChI is InChI=1S/C18H35ClO/c1-3-5-7-8-9-10-11-12-13-14-16-17(18(19)20)15-6-4-2/h17H,3-16H2,1-2H3. The molecular formula is C18H35ClO. The van der Waals surface area contributed by atoms with Crippen molar-refractivity contribution in [1.82, 2.24) is 0 Å². The second-order valence-corrected chi connectivity index (χ2v) is 6.49. The van der Waals surface area contributed by atoms with Gasteiger partial charge in [-0.25, -0.2) is 0 Å². The summed E-state index contributed by atoms with van der Waals surface area (Å²) in [5.41, 5.74) is 0. The first-order valence-electron chi connectivity index (χ1n) is 8.91. The van der Waals surface area contributed by atoms with Crippen LogP contribution in [0.1, 0.15) is 104 Å². The molecule has 0 aromatic rings. The molecule has 20 heavy (non-hydrogen) atoms. The quantitative estimate of drug-likeness (QED) is 0.238. The van der Waals surface area contributed by atoms with Gasteiger partial charge in [-0.2, -0.15) is 0 Å².